The molecular weight excluding hydrogens is 440 g/mol. The summed E-state index contributed by atoms with van der Waals surface area (Å²) in [5.41, 5.74) is 2.18. The number of rotatable bonds is 8. The minimum absolute atomic E-state index is 0.153. The number of cyclic esters (lactones) is 1. The second kappa shape index (κ2) is 9.18. The van der Waals surface area contributed by atoms with Crippen molar-refractivity contribution in [3.05, 3.63) is 41.5 Å². The van der Waals surface area contributed by atoms with E-state index in [1.807, 2.05) is 18.2 Å². The van der Waals surface area contributed by atoms with Crippen molar-refractivity contribution in [2.45, 2.75) is 38.4 Å². The summed E-state index contributed by atoms with van der Waals surface area (Å²) in [4.78, 5) is 25.2. The molecule has 0 N–H and O–H groups in total. The van der Waals surface area contributed by atoms with Gasteiger partial charge in [-0.3, -0.25) is 4.79 Å². The molecule has 5 rings (SSSR count). The Morgan fingerprint density at radius 3 is 2.56 bits per heavy atom. The first-order chi connectivity index (χ1) is 16.6. The summed E-state index contributed by atoms with van der Waals surface area (Å²) in [7, 11) is 3.10. The number of esters is 2. The molecule has 0 bridgehead atoms. The van der Waals surface area contributed by atoms with Gasteiger partial charge in [0.15, 0.2) is 11.5 Å². The largest absolute Gasteiger partial charge is 0.493 e. The first-order valence-electron chi connectivity index (χ1n) is 11.5. The molecule has 0 spiro atoms. The number of carbonyl (C=O) groups excluding carboxylic acids is 2. The third kappa shape index (κ3) is 3.86. The van der Waals surface area contributed by atoms with Crippen LogP contribution in [-0.2, 0) is 25.6 Å². The van der Waals surface area contributed by atoms with E-state index in [9.17, 15) is 9.59 Å². The number of fused-ring (bicyclic) bond motifs is 1. The molecule has 1 saturated heterocycles. The predicted molar refractivity (Wildman–Crippen MR) is 121 cm³/mol. The minimum Gasteiger partial charge on any atom is -0.493 e. The Balaban J connectivity index is 1.48. The Bertz CT molecular complexity index is 1100. The molecule has 2 fully saturated rings. The van der Waals surface area contributed by atoms with Crippen LogP contribution in [-0.4, -0.2) is 52.1 Å². The van der Waals surface area contributed by atoms with Gasteiger partial charge in [0.1, 0.15) is 24.7 Å². The smallest absolute Gasteiger partial charge is 0.338 e. The zero-order valence-electron chi connectivity index (χ0n) is 19.4. The number of methoxy groups -OCH3 is 2. The van der Waals surface area contributed by atoms with E-state index in [0.717, 1.165) is 29.5 Å². The van der Waals surface area contributed by atoms with Crippen LogP contribution >= 0.6 is 0 Å². The molecule has 2 aliphatic heterocycles. The Kier molecular flexibility index (Phi) is 6.08. The van der Waals surface area contributed by atoms with Crippen molar-refractivity contribution < 1.29 is 38.0 Å². The lowest BCUT2D eigenvalue weighted by Gasteiger charge is -2.39. The maximum Gasteiger partial charge on any atom is 0.338 e. The van der Waals surface area contributed by atoms with Gasteiger partial charge in [0, 0.05) is 17.5 Å². The molecule has 180 valence electrons. The van der Waals surface area contributed by atoms with Gasteiger partial charge in [-0.1, -0.05) is 18.6 Å². The molecular formula is C26H28O8. The summed E-state index contributed by atoms with van der Waals surface area (Å²) in [6.45, 7) is 1.40. The summed E-state index contributed by atoms with van der Waals surface area (Å²) in [6.07, 6.45) is 2.86. The van der Waals surface area contributed by atoms with Crippen molar-refractivity contribution in [2.75, 3.05) is 34.0 Å². The molecule has 0 aromatic heterocycles. The fraction of sp³-hybridized carbons (Fsp3) is 0.462. The second-order valence-electron chi connectivity index (χ2n) is 8.90. The van der Waals surface area contributed by atoms with Crippen LogP contribution in [0.5, 0.6) is 17.2 Å². The average Bonchev–Trinajstić information content (AvgIpc) is 3.47. The summed E-state index contributed by atoms with van der Waals surface area (Å²) < 4.78 is 33.9. The molecule has 8 heteroatoms. The Morgan fingerprint density at radius 1 is 1.06 bits per heavy atom. The minimum atomic E-state index is -0.703. The van der Waals surface area contributed by atoms with E-state index in [2.05, 4.69) is 0 Å². The molecule has 1 atom stereocenters. The maximum atomic E-state index is 13.1. The van der Waals surface area contributed by atoms with Crippen LogP contribution in [0.1, 0.15) is 41.6 Å². The van der Waals surface area contributed by atoms with Gasteiger partial charge in [-0.05, 0) is 36.6 Å². The number of ether oxygens (including phenoxy) is 6. The van der Waals surface area contributed by atoms with Crippen LogP contribution in [0.4, 0.5) is 0 Å². The van der Waals surface area contributed by atoms with Crippen molar-refractivity contribution in [3.63, 3.8) is 0 Å². The SMILES string of the molecule is COc1ccc(-c2cccc3c2COC3=O)c(OCC2(C(=O)OC3CCOC3)CCC2)c1OC. The van der Waals surface area contributed by atoms with Crippen LogP contribution in [0.2, 0.25) is 0 Å². The molecule has 34 heavy (non-hydrogen) atoms. The zero-order valence-corrected chi connectivity index (χ0v) is 19.4. The third-order valence-corrected chi connectivity index (χ3v) is 6.93. The zero-order chi connectivity index (χ0) is 23.7. The topological polar surface area (TPSA) is 89.5 Å². The van der Waals surface area contributed by atoms with Gasteiger partial charge >= 0.3 is 11.9 Å². The molecule has 0 radical (unpaired) electrons. The highest BCUT2D eigenvalue weighted by atomic mass is 16.6. The van der Waals surface area contributed by atoms with Gasteiger partial charge in [-0.25, -0.2) is 4.79 Å². The standard InChI is InChI=1S/C26H28O8/c1-29-21-8-7-18(17-5-3-6-19-20(17)14-32-24(19)27)22(23(21)30-2)33-15-26(10-4-11-26)25(28)34-16-9-12-31-13-16/h3,5-8,16H,4,9-15H2,1-2H3. The summed E-state index contributed by atoms with van der Waals surface area (Å²) in [5, 5.41) is 0. The molecule has 0 amide bonds. The average molecular weight is 469 g/mol. The predicted octanol–water partition coefficient (Wildman–Crippen LogP) is 3.92. The molecule has 3 aliphatic rings. The number of hydrogen-bond acceptors (Lipinski definition) is 8. The number of benzene rings is 2. The van der Waals surface area contributed by atoms with E-state index < -0.39 is 5.41 Å². The Morgan fingerprint density at radius 2 is 1.88 bits per heavy atom. The number of carbonyl (C=O) groups is 2. The first-order valence-corrected chi connectivity index (χ1v) is 11.5. The van der Waals surface area contributed by atoms with E-state index in [-0.39, 0.29) is 31.3 Å². The van der Waals surface area contributed by atoms with Gasteiger partial charge < -0.3 is 28.4 Å². The second-order valence-corrected chi connectivity index (χ2v) is 8.90. The molecule has 2 aromatic carbocycles. The van der Waals surface area contributed by atoms with Crippen molar-refractivity contribution in [1.82, 2.24) is 0 Å². The Hall–Kier alpha value is -3.26. The lowest BCUT2D eigenvalue weighted by Crippen LogP contribution is -2.45. The quantitative estimate of drug-likeness (QED) is 0.539. The van der Waals surface area contributed by atoms with Gasteiger partial charge in [0.05, 0.1) is 33.0 Å². The normalized spacial score (nSPS) is 20.2. The third-order valence-electron chi connectivity index (χ3n) is 6.93. The molecule has 2 aromatic rings. The van der Waals surface area contributed by atoms with Crippen LogP contribution in [0.15, 0.2) is 30.3 Å². The van der Waals surface area contributed by atoms with Gasteiger partial charge in [0.25, 0.3) is 0 Å². The molecule has 2 heterocycles. The van der Waals surface area contributed by atoms with Crippen molar-refractivity contribution in [2.24, 2.45) is 5.41 Å². The highest BCUT2D eigenvalue weighted by Crippen LogP contribution is 2.49. The summed E-state index contributed by atoms with van der Waals surface area (Å²) >= 11 is 0. The lowest BCUT2D eigenvalue weighted by atomic mass is 9.69. The monoisotopic (exact) mass is 468 g/mol. The molecule has 1 saturated carbocycles. The number of hydrogen-bond donors (Lipinski definition) is 0. The van der Waals surface area contributed by atoms with Crippen LogP contribution in [0.25, 0.3) is 11.1 Å². The highest BCUT2D eigenvalue weighted by molar-refractivity contribution is 5.96. The van der Waals surface area contributed by atoms with E-state index in [1.54, 1.807) is 26.4 Å². The van der Waals surface area contributed by atoms with Crippen molar-refractivity contribution in [1.29, 1.82) is 0 Å². The van der Waals surface area contributed by atoms with E-state index in [0.29, 0.717) is 48.9 Å². The van der Waals surface area contributed by atoms with Gasteiger partial charge in [0.2, 0.25) is 5.75 Å². The van der Waals surface area contributed by atoms with Crippen LogP contribution in [0.3, 0.4) is 0 Å². The van der Waals surface area contributed by atoms with Gasteiger partial charge in [-0.15, -0.1) is 0 Å². The maximum absolute atomic E-state index is 13.1. The highest BCUT2D eigenvalue weighted by Gasteiger charge is 2.48. The first kappa shape index (κ1) is 22.5. The van der Waals surface area contributed by atoms with E-state index in [1.165, 1.54) is 0 Å². The fourth-order valence-electron chi connectivity index (χ4n) is 4.76. The summed E-state index contributed by atoms with van der Waals surface area (Å²) in [5.74, 6) is 0.811. The van der Waals surface area contributed by atoms with Crippen molar-refractivity contribution in [3.8, 4) is 28.4 Å². The van der Waals surface area contributed by atoms with Crippen molar-refractivity contribution >= 4 is 11.9 Å². The molecule has 1 unspecified atom stereocenters. The van der Waals surface area contributed by atoms with Crippen LogP contribution in [0, 0.1) is 5.41 Å². The summed E-state index contributed by atoms with van der Waals surface area (Å²) in [6, 6.07) is 9.15. The molecule has 1 aliphatic carbocycles. The van der Waals surface area contributed by atoms with E-state index >= 15 is 0 Å². The Labute approximate surface area is 198 Å². The van der Waals surface area contributed by atoms with E-state index in [4.69, 9.17) is 28.4 Å². The molecule has 8 nitrogen and oxygen atoms in total. The van der Waals surface area contributed by atoms with Crippen LogP contribution < -0.4 is 14.2 Å². The van der Waals surface area contributed by atoms with Gasteiger partial charge in [-0.2, -0.15) is 0 Å². The fourth-order valence-corrected chi connectivity index (χ4v) is 4.76. The lowest BCUT2D eigenvalue weighted by molar-refractivity contribution is -0.170.